The highest BCUT2D eigenvalue weighted by Gasteiger charge is 2.22. The van der Waals surface area contributed by atoms with E-state index in [1.54, 1.807) is 18.5 Å². The molecule has 1 aliphatic rings. The Kier molecular flexibility index (Phi) is 8.62. The van der Waals surface area contributed by atoms with Crippen LogP contribution < -0.4 is 16.4 Å². The second-order valence-corrected chi connectivity index (χ2v) is 8.96. The van der Waals surface area contributed by atoms with E-state index in [-0.39, 0.29) is 0 Å². The average Bonchev–Trinajstić information content (AvgIpc) is 3.19. The summed E-state index contributed by atoms with van der Waals surface area (Å²) in [5.41, 5.74) is 9.21. The zero-order valence-corrected chi connectivity index (χ0v) is 20.6. The number of rotatable bonds is 10. The van der Waals surface area contributed by atoms with Crippen LogP contribution in [-0.2, 0) is 17.7 Å². The first-order chi connectivity index (χ1) is 16.6. The lowest BCUT2D eigenvalue weighted by Gasteiger charge is -2.32. The van der Waals surface area contributed by atoms with Crippen molar-refractivity contribution in [1.29, 1.82) is 0 Å². The summed E-state index contributed by atoms with van der Waals surface area (Å²) in [5, 5.41) is 6.94. The third kappa shape index (κ3) is 6.40. The number of fused-ring (bicyclic) bond motifs is 1. The first-order valence-corrected chi connectivity index (χ1v) is 12.4. The van der Waals surface area contributed by atoms with Gasteiger partial charge in [0.15, 0.2) is 10.8 Å². The van der Waals surface area contributed by atoms with Gasteiger partial charge in [0.25, 0.3) is 0 Å². The van der Waals surface area contributed by atoms with Crippen molar-refractivity contribution in [3.05, 3.63) is 42.6 Å². The minimum absolute atomic E-state index is 0.564. The normalized spacial score (nSPS) is 15.0. The molecule has 0 spiro atoms. The predicted molar refractivity (Wildman–Crippen MR) is 140 cm³/mol. The Labute approximate surface area is 206 Å². The molecular formula is C24H34N8OS. The highest BCUT2D eigenvalue weighted by atomic mass is 32.1. The van der Waals surface area contributed by atoms with Crippen LogP contribution in [0.25, 0.3) is 11.2 Å². The minimum Gasteiger partial charge on any atom is -0.397 e. The molecule has 34 heavy (non-hydrogen) atoms. The first-order valence-electron chi connectivity index (χ1n) is 12.0. The summed E-state index contributed by atoms with van der Waals surface area (Å²) in [4.78, 5) is 16.0. The zero-order valence-electron chi connectivity index (χ0n) is 19.7. The summed E-state index contributed by atoms with van der Waals surface area (Å²) in [6.45, 7) is 8.12. The molecule has 0 aliphatic carbocycles. The van der Waals surface area contributed by atoms with Crippen molar-refractivity contribution in [1.82, 2.24) is 29.7 Å². The molecule has 10 heteroatoms. The third-order valence-electron chi connectivity index (χ3n) is 6.24. The topological polar surface area (TPSA) is 106 Å². The standard InChI is InChI=1S/C24H34N8OS/c1-2-33-15-14-32-22(29-20-4-3-8-27-23(20)32)16-18-6-11-31(12-7-18)13-10-28-24(34)30-21-17-26-9-5-19(21)25/h3-5,8-9,17-18H,2,6-7,10-16H2,1H3,(H2,25,26)(H2,28,30,34). The molecule has 0 amide bonds. The Morgan fingerprint density at radius 1 is 1.24 bits per heavy atom. The van der Waals surface area contributed by atoms with E-state index < -0.39 is 0 Å². The van der Waals surface area contributed by atoms with Crippen LogP contribution in [0.4, 0.5) is 11.4 Å². The predicted octanol–water partition coefficient (Wildman–Crippen LogP) is 2.69. The van der Waals surface area contributed by atoms with Gasteiger partial charge in [0.1, 0.15) is 11.3 Å². The van der Waals surface area contributed by atoms with Gasteiger partial charge in [-0.3, -0.25) is 4.98 Å². The molecule has 3 aromatic heterocycles. The van der Waals surface area contributed by atoms with E-state index in [9.17, 15) is 0 Å². The molecule has 4 heterocycles. The summed E-state index contributed by atoms with van der Waals surface area (Å²) >= 11 is 5.38. The fourth-order valence-electron chi connectivity index (χ4n) is 4.37. The van der Waals surface area contributed by atoms with Crippen molar-refractivity contribution in [3.8, 4) is 0 Å². The maximum atomic E-state index is 5.93. The van der Waals surface area contributed by atoms with Gasteiger partial charge in [-0.05, 0) is 69.2 Å². The van der Waals surface area contributed by atoms with Gasteiger partial charge in [0.05, 0.1) is 24.2 Å². The van der Waals surface area contributed by atoms with Gasteiger partial charge in [-0.25, -0.2) is 9.97 Å². The second-order valence-electron chi connectivity index (χ2n) is 8.56. The molecule has 4 rings (SSSR count). The Morgan fingerprint density at radius 2 is 2.09 bits per heavy atom. The number of hydrogen-bond acceptors (Lipinski definition) is 7. The minimum atomic E-state index is 0.564. The number of pyridine rings is 2. The van der Waals surface area contributed by atoms with Gasteiger partial charge in [0, 0.05) is 45.1 Å². The second kappa shape index (κ2) is 12.0. The number of anilines is 2. The lowest BCUT2D eigenvalue weighted by atomic mass is 9.93. The number of likely N-dealkylation sites (tertiary alicyclic amines) is 1. The molecule has 0 bridgehead atoms. The zero-order chi connectivity index (χ0) is 23.8. The summed E-state index contributed by atoms with van der Waals surface area (Å²) in [7, 11) is 0. The van der Waals surface area contributed by atoms with Crippen molar-refractivity contribution in [2.45, 2.75) is 32.7 Å². The van der Waals surface area contributed by atoms with E-state index in [4.69, 9.17) is 27.7 Å². The number of nitrogen functional groups attached to an aromatic ring is 1. The van der Waals surface area contributed by atoms with Gasteiger partial charge in [-0.15, -0.1) is 0 Å². The molecule has 4 N–H and O–H groups in total. The van der Waals surface area contributed by atoms with Crippen molar-refractivity contribution < 1.29 is 4.74 Å². The largest absolute Gasteiger partial charge is 0.397 e. The van der Waals surface area contributed by atoms with E-state index in [1.807, 2.05) is 25.3 Å². The molecule has 0 unspecified atom stereocenters. The van der Waals surface area contributed by atoms with Gasteiger partial charge < -0.3 is 30.6 Å². The number of thiocarbonyl (C=S) groups is 1. The SMILES string of the molecule is CCOCCn1c(CC2CCN(CCNC(=S)Nc3cnccc3N)CC2)nc2cccnc21. The Morgan fingerprint density at radius 3 is 2.88 bits per heavy atom. The highest BCUT2D eigenvalue weighted by molar-refractivity contribution is 7.80. The van der Waals surface area contributed by atoms with Crippen LogP contribution >= 0.6 is 12.2 Å². The Hall–Kier alpha value is -2.82. The number of hydrogen-bond donors (Lipinski definition) is 3. The van der Waals surface area contributed by atoms with Crippen LogP contribution in [-0.4, -0.2) is 68.9 Å². The maximum absolute atomic E-state index is 5.93. The number of aromatic nitrogens is 4. The lowest BCUT2D eigenvalue weighted by molar-refractivity contribution is 0.138. The molecule has 3 aromatic rings. The van der Waals surface area contributed by atoms with Crippen LogP contribution in [0.15, 0.2) is 36.8 Å². The molecule has 1 saturated heterocycles. The molecule has 0 saturated carbocycles. The van der Waals surface area contributed by atoms with Crippen LogP contribution in [0.1, 0.15) is 25.6 Å². The molecule has 0 atom stereocenters. The monoisotopic (exact) mass is 482 g/mol. The number of piperidine rings is 1. The number of nitrogens with two attached hydrogens (primary N) is 1. The fourth-order valence-corrected chi connectivity index (χ4v) is 4.58. The maximum Gasteiger partial charge on any atom is 0.170 e. The van der Waals surface area contributed by atoms with E-state index >= 15 is 0 Å². The fraction of sp³-hybridized carbons (Fsp3) is 0.500. The van der Waals surface area contributed by atoms with Crippen molar-refractivity contribution in [2.24, 2.45) is 5.92 Å². The highest BCUT2D eigenvalue weighted by Crippen LogP contribution is 2.23. The molecule has 1 aliphatic heterocycles. The number of nitrogens with one attached hydrogen (secondary N) is 2. The number of ether oxygens (including phenoxy) is 1. The molecular weight excluding hydrogens is 448 g/mol. The summed E-state index contributed by atoms with van der Waals surface area (Å²) < 4.78 is 7.84. The van der Waals surface area contributed by atoms with Crippen molar-refractivity contribution in [2.75, 3.05) is 50.4 Å². The summed E-state index contributed by atoms with van der Waals surface area (Å²) in [5.74, 6) is 1.75. The van der Waals surface area contributed by atoms with Crippen molar-refractivity contribution >= 4 is 39.9 Å². The molecule has 182 valence electrons. The average molecular weight is 483 g/mol. The summed E-state index contributed by atoms with van der Waals surface area (Å²) in [6, 6.07) is 5.74. The van der Waals surface area contributed by atoms with E-state index in [1.165, 1.54) is 0 Å². The van der Waals surface area contributed by atoms with Crippen LogP contribution in [0.2, 0.25) is 0 Å². The third-order valence-corrected chi connectivity index (χ3v) is 6.49. The molecule has 9 nitrogen and oxygen atoms in total. The van der Waals surface area contributed by atoms with E-state index in [0.29, 0.717) is 23.3 Å². The number of imidazole rings is 1. The van der Waals surface area contributed by atoms with E-state index in [0.717, 1.165) is 81.3 Å². The quantitative estimate of drug-likeness (QED) is 0.297. The Balaban J connectivity index is 1.23. The smallest absolute Gasteiger partial charge is 0.170 e. The van der Waals surface area contributed by atoms with Crippen molar-refractivity contribution in [3.63, 3.8) is 0 Å². The van der Waals surface area contributed by atoms with E-state index in [2.05, 4.69) is 30.1 Å². The summed E-state index contributed by atoms with van der Waals surface area (Å²) in [6.07, 6.45) is 8.48. The molecule has 1 fully saturated rings. The van der Waals surface area contributed by atoms with Gasteiger partial charge >= 0.3 is 0 Å². The lowest BCUT2D eigenvalue weighted by Crippen LogP contribution is -2.41. The van der Waals surface area contributed by atoms with Crippen LogP contribution in [0.5, 0.6) is 0 Å². The number of nitrogens with zero attached hydrogens (tertiary/aromatic N) is 5. The molecule has 0 aromatic carbocycles. The van der Waals surface area contributed by atoms with Crippen LogP contribution in [0, 0.1) is 5.92 Å². The van der Waals surface area contributed by atoms with Gasteiger partial charge in [0.2, 0.25) is 0 Å². The van der Waals surface area contributed by atoms with Gasteiger partial charge in [-0.2, -0.15) is 0 Å². The Bertz CT molecular complexity index is 1080. The molecule has 0 radical (unpaired) electrons. The van der Waals surface area contributed by atoms with Gasteiger partial charge in [-0.1, -0.05) is 0 Å². The van der Waals surface area contributed by atoms with Crippen LogP contribution in [0.3, 0.4) is 0 Å². The first kappa shape index (κ1) is 24.3.